The van der Waals surface area contributed by atoms with Gasteiger partial charge in [-0.05, 0) is 79.0 Å². The van der Waals surface area contributed by atoms with E-state index in [2.05, 4.69) is 74.5 Å². The quantitative estimate of drug-likeness (QED) is 0.190. The maximum Gasteiger partial charge on any atom is 0.207 e. The standard InChI is InChI=1S/C34H42O4/c1-3-25(2)26-13-19-30(20-14-26)38-34(32-21-22-36-33-12-8-7-11-31(32)33)37-24-23-35-29-17-15-28(16-18-29)27-9-5-4-6-10-27/h7-8,11-20,25,27,32,34H,3-6,9-10,21-24H2,1-2H3. The van der Waals surface area contributed by atoms with Gasteiger partial charge < -0.3 is 18.9 Å². The van der Waals surface area contributed by atoms with Crippen LogP contribution in [-0.2, 0) is 4.74 Å². The summed E-state index contributed by atoms with van der Waals surface area (Å²) < 4.78 is 24.8. The molecule has 2 aliphatic rings. The highest BCUT2D eigenvalue weighted by molar-refractivity contribution is 5.38. The Bertz CT molecular complexity index is 1120. The first-order valence-electron chi connectivity index (χ1n) is 14.5. The Hall–Kier alpha value is -2.98. The van der Waals surface area contributed by atoms with Gasteiger partial charge in [-0.1, -0.05) is 75.6 Å². The SMILES string of the molecule is CCC(C)c1ccc(OC(OCCOc2ccc(C3CCCCC3)cc2)C2CCOc3ccccc32)cc1. The summed E-state index contributed by atoms with van der Waals surface area (Å²) in [6.07, 6.45) is 8.24. The molecule has 1 aliphatic heterocycles. The molecular weight excluding hydrogens is 472 g/mol. The molecule has 1 fully saturated rings. The van der Waals surface area contributed by atoms with Crippen LogP contribution in [0, 0.1) is 0 Å². The number of hydrogen-bond acceptors (Lipinski definition) is 4. The third kappa shape index (κ3) is 6.71. The Morgan fingerprint density at radius 1 is 0.816 bits per heavy atom. The number of para-hydroxylation sites is 1. The second-order valence-electron chi connectivity index (χ2n) is 10.8. The molecule has 3 aromatic rings. The molecule has 1 aliphatic carbocycles. The van der Waals surface area contributed by atoms with Crippen molar-refractivity contribution in [3.63, 3.8) is 0 Å². The third-order valence-electron chi connectivity index (χ3n) is 8.24. The van der Waals surface area contributed by atoms with E-state index in [9.17, 15) is 0 Å². The van der Waals surface area contributed by atoms with Crippen molar-refractivity contribution in [2.45, 2.75) is 82.8 Å². The molecule has 0 amide bonds. The van der Waals surface area contributed by atoms with Crippen molar-refractivity contribution in [1.82, 2.24) is 0 Å². The molecule has 4 nitrogen and oxygen atoms in total. The molecule has 38 heavy (non-hydrogen) atoms. The van der Waals surface area contributed by atoms with Gasteiger partial charge in [-0.3, -0.25) is 0 Å². The largest absolute Gasteiger partial charge is 0.493 e. The van der Waals surface area contributed by atoms with Crippen LogP contribution >= 0.6 is 0 Å². The van der Waals surface area contributed by atoms with E-state index in [1.807, 2.05) is 12.1 Å². The Labute approximate surface area is 228 Å². The van der Waals surface area contributed by atoms with Crippen molar-refractivity contribution in [1.29, 1.82) is 0 Å². The zero-order valence-corrected chi connectivity index (χ0v) is 22.9. The Balaban J connectivity index is 1.22. The highest BCUT2D eigenvalue weighted by atomic mass is 16.7. The van der Waals surface area contributed by atoms with Crippen LogP contribution < -0.4 is 14.2 Å². The molecule has 3 atom stereocenters. The summed E-state index contributed by atoms with van der Waals surface area (Å²) in [5.41, 5.74) is 3.91. The second-order valence-corrected chi connectivity index (χ2v) is 10.8. The van der Waals surface area contributed by atoms with E-state index >= 15 is 0 Å². The van der Waals surface area contributed by atoms with Crippen molar-refractivity contribution in [3.8, 4) is 17.2 Å². The third-order valence-corrected chi connectivity index (χ3v) is 8.24. The molecule has 5 rings (SSSR count). The van der Waals surface area contributed by atoms with E-state index in [-0.39, 0.29) is 5.92 Å². The summed E-state index contributed by atoms with van der Waals surface area (Å²) in [5.74, 6) is 3.97. The maximum atomic E-state index is 6.48. The molecule has 0 aromatic heterocycles. The Morgan fingerprint density at radius 3 is 2.32 bits per heavy atom. The smallest absolute Gasteiger partial charge is 0.207 e. The summed E-state index contributed by atoms with van der Waals surface area (Å²) in [7, 11) is 0. The lowest BCUT2D eigenvalue weighted by Gasteiger charge is -2.32. The van der Waals surface area contributed by atoms with E-state index in [0.717, 1.165) is 35.7 Å². The zero-order chi connectivity index (χ0) is 26.2. The van der Waals surface area contributed by atoms with Crippen LogP contribution in [0.1, 0.15) is 93.2 Å². The minimum Gasteiger partial charge on any atom is -0.493 e. The lowest BCUT2D eigenvalue weighted by Crippen LogP contribution is -2.33. The number of benzene rings is 3. The van der Waals surface area contributed by atoms with Crippen molar-refractivity contribution >= 4 is 0 Å². The van der Waals surface area contributed by atoms with Gasteiger partial charge in [0, 0.05) is 5.56 Å². The predicted octanol–water partition coefficient (Wildman–Crippen LogP) is 8.61. The van der Waals surface area contributed by atoms with E-state index < -0.39 is 6.29 Å². The zero-order valence-electron chi connectivity index (χ0n) is 22.9. The van der Waals surface area contributed by atoms with Crippen LogP contribution in [0.5, 0.6) is 17.2 Å². The molecule has 4 heteroatoms. The fourth-order valence-electron chi connectivity index (χ4n) is 5.73. The average Bonchev–Trinajstić information content (AvgIpc) is 2.99. The lowest BCUT2D eigenvalue weighted by molar-refractivity contribution is -0.107. The van der Waals surface area contributed by atoms with Gasteiger partial charge in [0.25, 0.3) is 0 Å². The Morgan fingerprint density at radius 2 is 1.55 bits per heavy atom. The first-order chi connectivity index (χ1) is 18.7. The summed E-state index contributed by atoms with van der Waals surface area (Å²) >= 11 is 0. The minimum absolute atomic E-state index is 0.0870. The second kappa shape index (κ2) is 13.2. The van der Waals surface area contributed by atoms with Crippen LogP contribution in [0.2, 0.25) is 0 Å². The van der Waals surface area contributed by atoms with Gasteiger partial charge >= 0.3 is 0 Å². The summed E-state index contributed by atoms with van der Waals surface area (Å²) in [6, 6.07) is 25.3. The molecule has 1 heterocycles. The molecule has 3 unspecified atom stereocenters. The molecule has 0 spiro atoms. The van der Waals surface area contributed by atoms with Crippen LogP contribution in [-0.4, -0.2) is 26.1 Å². The van der Waals surface area contributed by atoms with Crippen LogP contribution in [0.4, 0.5) is 0 Å². The van der Waals surface area contributed by atoms with E-state index in [1.165, 1.54) is 43.2 Å². The summed E-state index contributed by atoms with van der Waals surface area (Å²) in [6.45, 7) is 6.04. The van der Waals surface area contributed by atoms with Crippen molar-refractivity contribution < 1.29 is 18.9 Å². The van der Waals surface area contributed by atoms with E-state index in [0.29, 0.717) is 31.7 Å². The molecule has 1 saturated carbocycles. The highest BCUT2D eigenvalue weighted by Gasteiger charge is 2.31. The lowest BCUT2D eigenvalue weighted by atomic mass is 9.84. The van der Waals surface area contributed by atoms with Crippen LogP contribution in [0.25, 0.3) is 0 Å². The molecular formula is C34H42O4. The molecule has 0 radical (unpaired) electrons. The van der Waals surface area contributed by atoms with Crippen LogP contribution in [0.3, 0.4) is 0 Å². The molecule has 202 valence electrons. The van der Waals surface area contributed by atoms with E-state index in [1.54, 1.807) is 0 Å². The van der Waals surface area contributed by atoms with Gasteiger partial charge in [-0.25, -0.2) is 0 Å². The number of fused-ring (bicyclic) bond motifs is 1. The van der Waals surface area contributed by atoms with E-state index in [4.69, 9.17) is 18.9 Å². The first kappa shape index (κ1) is 26.6. The minimum atomic E-state index is -0.424. The summed E-state index contributed by atoms with van der Waals surface area (Å²) in [5, 5.41) is 0. The normalized spacial score (nSPS) is 19.2. The maximum absolute atomic E-state index is 6.48. The number of rotatable bonds is 11. The monoisotopic (exact) mass is 514 g/mol. The van der Waals surface area contributed by atoms with Crippen LogP contribution in [0.15, 0.2) is 72.8 Å². The molecule has 3 aromatic carbocycles. The topological polar surface area (TPSA) is 36.9 Å². The van der Waals surface area contributed by atoms with Gasteiger partial charge in [0.05, 0.1) is 19.1 Å². The number of hydrogen-bond donors (Lipinski definition) is 0. The first-order valence-corrected chi connectivity index (χ1v) is 14.5. The fraction of sp³-hybridized carbons (Fsp3) is 0.471. The number of ether oxygens (including phenoxy) is 4. The van der Waals surface area contributed by atoms with Gasteiger partial charge in [-0.15, -0.1) is 0 Å². The predicted molar refractivity (Wildman–Crippen MR) is 153 cm³/mol. The Kier molecular flexibility index (Phi) is 9.24. The van der Waals surface area contributed by atoms with Gasteiger partial charge in [0.15, 0.2) is 0 Å². The molecule has 0 saturated heterocycles. The highest BCUT2D eigenvalue weighted by Crippen LogP contribution is 2.38. The van der Waals surface area contributed by atoms with Gasteiger partial charge in [-0.2, -0.15) is 0 Å². The van der Waals surface area contributed by atoms with Crippen molar-refractivity contribution in [2.75, 3.05) is 19.8 Å². The fourth-order valence-corrected chi connectivity index (χ4v) is 5.73. The van der Waals surface area contributed by atoms with Gasteiger partial charge in [0.1, 0.15) is 23.9 Å². The summed E-state index contributed by atoms with van der Waals surface area (Å²) in [4.78, 5) is 0. The van der Waals surface area contributed by atoms with Gasteiger partial charge in [0.2, 0.25) is 6.29 Å². The molecule has 0 bridgehead atoms. The molecule has 0 N–H and O–H groups in total. The van der Waals surface area contributed by atoms with Crippen molar-refractivity contribution in [3.05, 3.63) is 89.5 Å². The van der Waals surface area contributed by atoms with Crippen molar-refractivity contribution in [2.24, 2.45) is 0 Å². The average molecular weight is 515 g/mol.